The molecule has 0 aliphatic carbocycles. The molecule has 2 heterocycles. The molecule has 0 radical (unpaired) electrons. The fraction of sp³-hybridized carbons (Fsp3) is 0.833. The van der Waals surface area contributed by atoms with E-state index in [2.05, 4.69) is 5.32 Å². The Labute approximate surface area is 150 Å². The fourth-order valence-electron chi connectivity index (χ4n) is 3.30. The van der Waals surface area contributed by atoms with Gasteiger partial charge < -0.3 is 19.9 Å². The van der Waals surface area contributed by atoms with Crippen LogP contribution in [0.15, 0.2) is 0 Å². The highest BCUT2D eigenvalue weighted by Gasteiger charge is 2.34. The number of carbonyl (C=O) groups is 3. The molecule has 2 rings (SSSR count). The lowest BCUT2D eigenvalue weighted by Gasteiger charge is -2.36. The van der Waals surface area contributed by atoms with Gasteiger partial charge >= 0.3 is 0 Å². The minimum absolute atomic E-state index is 0.0717. The maximum absolute atomic E-state index is 12.6. The van der Waals surface area contributed by atoms with Gasteiger partial charge in [0, 0.05) is 31.6 Å². The first-order chi connectivity index (χ1) is 11.7. The number of carbonyl (C=O) groups excluding carboxylic acids is 3. The largest absolute Gasteiger partial charge is 0.378 e. The number of hydrogen-bond acceptors (Lipinski definition) is 4. The van der Waals surface area contributed by atoms with Gasteiger partial charge in [0.1, 0.15) is 6.04 Å². The summed E-state index contributed by atoms with van der Waals surface area (Å²) in [6.07, 6.45) is 1.56. The Hall–Kier alpha value is -1.63. The number of amides is 3. The van der Waals surface area contributed by atoms with Crippen LogP contribution in [0.25, 0.3) is 0 Å². The Bertz CT molecular complexity index is 509. The Balaban J connectivity index is 1.89. The zero-order valence-electron chi connectivity index (χ0n) is 15.8. The molecule has 2 unspecified atom stereocenters. The molecule has 7 nitrogen and oxygen atoms in total. The van der Waals surface area contributed by atoms with Gasteiger partial charge in [0.05, 0.1) is 19.1 Å². The van der Waals surface area contributed by atoms with Crippen molar-refractivity contribution in [3.05, 3.63) is 0 Å². The predicted molar refractivity (Wildman–Crippen MR) is 93.8 cm³/mol. The average Bonchev–Trinajstić information content (AvgIpc) is 2.60. The SMILES string of the molecule is CC(NC(=O)C1CCCN(C(=O)C(C)(C)C)C1)C(=O)N1CCOCC1. The third-order valence-corrected chi connectivity index (χ3v) is 4.77. The minimum atomic E-state index is -0.556. The second-order valence-electron chi connectivity index (χ2n) is 8.01. The van der Waals surface area contributed by atoms with E-state index in [-0.39, 0.29) is 23.6 Å². The van der Waals surface area contributed by atoms with Crippen molar-refractivity contribution in [1.29, 1.82) is 0 Å². The molecule has 0 saturated carbocycles. The number of nitrogens with zero attached hydrogens (tertiary/aromatic N) is 2. The molecular formula is C18H31N3O4. The highest BCUT2D eigenvalue weighted by Crippen LogP contribution is 2.23. The highest BCUT2D eigenvalue weighted by molar-refractivity contribution is 5.89. The van der Waals surface area contributed by atoms with E-state index in [1.165, 1.54) is 0 Å². The van der Waals surface area contributed by atoms with Gasteiger partial charge in [-0.1, -0.05) is 20.8 Å². The van der Waals surface area contributed by atoms with Gasteiger partial charge in [0.25, 0.3) is 0 Å². The van der Waals surface area contributed by atoms with Gasteiger partial charge in [0.2, 0.25) is 17.7 Å². The summed E-state index contributed by atoms with van der Waals surface area (Å²) in [5.41, 5.74) is -0.446. The monoisotopic (exact) mass is 353 g/mol. The Kier molecular flexibility index (Phi) is 6.43. The fourth-order valence-corrected chi connectivity index (χ4v) is 3.30. The van der Waals surface area contributed by atoms with Crippen molar-refractivity contribution >= 4 is 17.7 Å². The number of rotatable bonds is 3. The topological polar surface area (TPSA) is 79.0 Å². The summed E-state index contributed by atoms with van der Waals surface area (Å²) in [6, 6.07) is -0.556. The lowest BCUT2D eigenvalue weighted by atomic mass is 9.91. The summed E-state index contributed by atoms with van der Waals surface area (Å²) in [5.74, 6) is -0.391. The van der Waals surface area contributed by atoms with Crippen molar-refractivity contribution in [2.45, 2.75) is 46.6 Å². The lowest BCUT2D eigenvalue weighted by molar-refractivity contribution is -0.144. The first-order valence-corrected chi connectivity index (χ1v) is 9.16. The van der Waals surface area contributed by atoms with Crippen LogP contribution in [0.5, 0.6) is 0 Å². The molecule has 0 aromatic rings. The van der Waals surface area contributed by atoms with Gasteiger partial charge in [-0.3, -0.25) is 14.4 Å². The van der Waals surface area contributed by atoms with Crippen LogP contribution in [-0.2, 0) is 19.1 Å². The number of piperidine rings is 1. The standard InChI is InChI=1S/C18H31N3O4/c1-13(16(23)20-8-10-25-11-9-20)19-15(22)14-6-5-7-21(12-14)17(24)18(2,3)4/h13-14H,5-12H2,1-4H3,(H,19,22). The van der Waals surface area contributed by atoms with Crippen LogP contribution in [0.4, 0.5) is 0 Å². The van der Waals surface area contributed by atoms with Crippen LogP contribution in [-0.4, -0.2) is 73.0 Å². The third-order valence-electron chi connectivity index (χ3n) is 4.77. The number of ether oxygens (including phenoxy) is 1. The molecule has 2 atom stereocenters. The molecule has 0 bridgehead atoms. The maximum Gasteiger partial charge on any atom is 0.245 e. The van der Waals surface area contributed by atoms with Crippen LogP contribution < -0.4 is 5.32 Å². The molecule has 0 aromatic carbocycles. The molecule has 2 aliphatic rings. The molecule has 3 amide bonds. The summed E-state index contributed by atoms with van der Waals surface area (Å²) < 4.78 is 5.25. The van der Waals surface area contributed by atoms with E-state index < -0.39 is 11.5 Å². The van der Waals surface area contributed by atoms with Crippen molar-refractivity contribution in [3.63, 3.8) is 0 Å². The number of hydrogen-bond donors (Lipinski definition) is 1. The molecule has 1 N–H and O–H groups in total. The van der Waals surface area contributed by atoms with E-state index in [4.69, 9.17) is 4.74 Å². The van der Waals surface area contributed by atoms with Crippen LogP contribution in [0.2, 0.25) is 0 Å². The van der Waals surface area contributed by atoms with E-state index in [1.807, 2.05) is 20.8 Å². The van der Waals surface area contributed by atoms with Crippen molar-refractivity contribution < 1.29 is 19.1 Å². The number of morpholine rings is 1. The molecule has 7 heteroatoms. The van der Waals surface area contributed by atoms with Gasteiger partial charge in [-0.2, -0.15) is 0 Å². The highest BCUT2D eigenvalue weighted by atomic mass is 16.5. The Morgan fingerprint density at radius 2 is 1.72 bits per heavy atom. The quantitative estimate of drug-likeness (QED) is 0.807. The summed E-state index contributed by atoms with van der Waals surface area (Å²) in [7, 11) is 0. The number of nitrogens with one attached hydrogen (secondary N) is 1. The maximum atomic E-state index is 12.6. The Morgan fingerprint density at radius 3 is 2.32 bits per heavy atom. The van der Waals surface area contributed by atoms with E-state index in [0.29, 0.717) is 39.4 Å². The molecule has 2 saturated heterocycles. The summed E-state index contributed by atoms with van der Waals surface area (Å²) in [4.78, 5) is 40.9. The van der Waals surface area contributed by atoms with Crippen molar-refractivity contribution in [2.24, 2.45) is 11.3 Å². The first-order valence-electron chi connectivity index (χ1n) is 9.16. The first kappa shape index (κ1) is 19.7. The van der Waals surface area contributed by atoms with Crippen LogP contribution in [0.1, 0.15) is 40.5 Å². The van der Waals surface area contributed by atoms with Gasteiger partial charge in [-0.05, 0) is 19.8 Å². The summed E-state index contributed by atoms with van der Waals surface area (Å²) in [6.45, 7) is 10.7. The Morgan fingerprint density at radius 1 is 1.08 bits per heavy atom. The third kappa shape index (κ3) is 5.17. The van der Waals surface area contributed by atoms with Gasteiger partial charge in [-0.25, -0.2) is 0 Å². The van der Waals surface area contributed by atoms with Crippen molar-refractivity contribution in [3.8, 4) is 0 Å². The van der Waals surface area contributed by atoms with Crippen molar-refractivity contribution in [2.75, 3.05) is 39.4 Å². The van der Waals surface area contributed by atoms with Gasteiger partial charge in [-0.15, -0.1) is 0 Å². The van der Waals surface area contributed by atoms with Gasteiger partial charge in [0.15, 0.2) is 0 Å². The summed E-state index contributed by atoms with van der Waals surface area (Å²) >= 11 is 0. The number of likely N-dealkylation sites (tertiary alicyclic amines) is 1. The molecule has 0 aromatic heterocycles. The smallest absolute Gasteiger partial charge is 0.245 e. The minimum Gasteiger partial charge on any atom is -0.378 e. The zero-order valence-corrected chi connectivity index (χ0v) is 15.8. The van der Waals surface area contributed by atoms with Crippen LogP contribution in [0.3, 0.4) is 0 Å². The molecule has 0 spiro atoms. The average molecular weight is 353 g/mol. The van der Waals surface area contributed by atoms with E-state index in [0.717, 1.165) is 12.8 Å². The second kappa shape index (κ2) is 8.17. The van der Waals surface area contributed by atoms with E-state index in [1.54, 1.807) is 16.7 Å². The molecule has 2 aliphatic heterocycles. The van der Waals surface area contributed by atoms with Crippen LogP contribution in [0, 0.1) is 11.3 Å². The molecule has 2 fully saturated rings. The van der Waals surface area contributed by atoms with Crippen molar-refractivity contribution in [1.82, 2.24) is 15.1 Å². The molecule has 142 valence electrons. The van der Waals surface area contributed by atoms with Crippen LogP contribution >= 0.6 is 0 Å². The predicted octanol–water partition coefficient (Wildman–Crippen LogP) is 0.635. The zero-order chi connectivity index (χ0) is 18.6. The lowest BCUT2D eigenvalue weighted by Crippen LogP contribution is -2.53. The molecular weight excluding hydrogens is 322 g/mol. The summed E-state index contributed by atoms with van der Waals surface area (Å²) in [5, 5.41) is 2.84. The normalized spacial score (nSPS) is 23.1. The van der Waals surface area contributed by atoms with E-state index in [9.17, 15) is 14.4 Å². The second-order valence-corrected chi connectivity index (χ2v) is 8.01. The van der Waals surface area contributed by atoms with E-state index >= 15 is 0 Å². The molecule has 25 heavy (non-hydrogen) atoms.